The van der Waals surface area contributed by atoms with Gasteiger partial charge in [0.05, 0.1) is 5.60 Å². The molecule has 1 radical (unpaired) electrons. The van der Waals surface area contributed by atoms with Gasteiger partial charge in [0.1, 0.15) is 0 Å². The lowest BCUT2D eigenvalue weighted by atomic mass is 10.1. The van der Waals surface area contributed by atoms with E-state index in [-0.39, 0.29) is 0 Å². The SMILES string of the molecule is [CH]=CC(C)(O)C=CC=C(C)CCC=C(C)C. The first-order chi connectivity index (χ1) is 7.37. The minimum atomic E-state index is -1.02. The van der Waals surface area contributed by atoms with E-state index in [0.29, 0.717) is 0 Å². The Balaban J connectivity index is 4.15. The van der Waals surface area contributed by atoms with Gasteiger partial charge >= 0.3 is 0 Å². The van der Waals surface area contributed by atoms with Crippen LogP contribution in [0.4, 0.5) is 0 Å². The van der Waals surface area contributed by atoms with Crippen LogP contribution < -0.4 is 0 Å². The fraction of sp³-hybridized carbons (Fsp3) is 0.467. The van der Waals surface area contributed by atoms with Gasteiger partial charge in [-0.1, -0.05) is 36.0 Å². The first-order valence-corrected chi connectivity index (χ1v) is 5.64. The molecular weight excluding hydrogens is 196 g/mol. The molecule has 0 saturated carbocycles. The summed E-state index contributed by atoms with van der Waals surface area (Å²) in [4.78, 5) is 0. The van der Waals surface area contributed by atoms with Crippen molar-refractivity contribution in [2.75, 3.05) is 0 Å². The zero-order valence-corrected chi connectivity index (χ0v) is 10.8. The summed E-state index contributed by atoms with van der Waals surface area (Å²) in [5.41, 5.74) is 1.63. The Kier molecular flexibility index (Phi) is 6.75. The van der Waals surface area contributed by atoms with Crippen LogP contribution >= 0.6 is 0 Å². The zero-order chi connectivity index (χ0) is 12.6. The topological polar surface area (TPSA) is 20.2 Å². The molecule has 0 bridgehead atoms. The third-order valence-electron chi connectivity index (χ3n) is 2.24. The Morgan fingerprint density at radius 2 is 1.94 bits per heavy atom. The summed E-state index contributed by atoms with van der Waals surface area (Å²) < 4.78 is 0. The summed E-state index contributed by atoms with van der Waals surface area (Å²) >= 11 is 0. The van der Waals surface area contributed by atoms with Crippen LogP contribution in [0, 0.1) is 6.58 Å². The lowest BCUT2D eigenvalue weighted by Crippen LogP contribution is -2.15. The third-order valence-corrected chi connectivity index (χ3v) is 2.24. The Morgan fingerprint density at radius 3 is 2.44 bits per heavy atom. The Morgan fingerprint density at radius 1 is 1.31 bits per heavy atom. The monoisotopic (exact) mass is 219 g/mol. The molecule has 1 heteroatoms. The van der Waals surface area contributed by atoms with E-state index in [1.807, 2.05) is 12.2 Å². The van der Waals surface area contributed by atoms with E-state index in [4.69, 9.17) is 6.58 Å². The highest BCUT2D eigenvalue weighted by molar-refractivity contribution is 5.17. The van der Waals surface area contributed by atoms with Gasteiger partial charge in [-0.05, 0) is 52.7 Å². The second-order valence-corrected chi connectivity index (χ2v) is 4.58. The van der Waals surface area contributed by atoms with Crippen LogP contribution in [-0.4, -0.2) is 10.7 Å². The van der Waals surface area contributed by atoms with Gasteiger partial charge in [0.2, 0.25) is 0 Å². The molecule has 0 aromatic carbocycles. The molecule has 0 saturated heterocycles. The van der Waals surface area contributed by atoms with Crippen molar-refractivity contribution in [1.29, 1.82) is 0 Å². The van der Waals surface area contributed by atoms with Crippen LogP contribution in [0.3, 0.4) is 0 Å². The largest absolute Gasteiger partial charge is 0.382 e. The van der Waals surface area contributed by atoms with E-state index in [1.165, 1.54) is 17.2 Å². The second-order valence-electron chi connectivity index (χ2n) is 4.58. The van der Waals surface area contributed by atoms with Crippen molar-refractivity contribution in [2.24, 2.45) is 0 Å². The van der Waals surface area contributed by atoms with Crippen LogP contribution in [0.2, 0.25) is 0 Å². The van der Waals surface area contributed by atoms with Crippen molar-refractivity contribution in [2.45, 2.75) is 46.1 Å². The fourth-order valence-electron chi connectivity index (χ4n) is 1.13. The van der Waals surface area contributed by atoms with Gasteiger partial charge in [-0.2, -0.15) is 0 Å². The van der Waals surface area contributed by atoms with E-state index in [2.05, 4.69) is 26.8 Å². The standard InChI is InChI=1S/C15H23O/c1-6-15(5,16)12-8-11-14(4)10-7-9-13(2)3/h1,6,8-9,11-12,16H,7,10H2,2-5H3. The van der Waals surface area contributed by atoms with Crippen LogP contribution in [-0.2, 0) is 0 Å². The molecule has 1 N–H and O–H groups in total. The first kappa shape index (κ1) is 14.9. The molecule has 0 rings (SSSR count). The lowest BCUT2D eigenvalue weighted by Gasteiger charge is -2.11. The second kappa shape index (κ2) is 7.24. The fourth-order valence-corrected chi connectivity index (χ4v) is 1.13. The first-order valence-electron chi connectivity index (χ1n) is 5.64. The van der Waals surface area contributed by atoms with Crippen molar-refractivity contribution in [3.63, 3.8) is 0 Å². The van der Waals surface area contributed by atoms with Crippen LogP contribution in [0.15, 0.2) is 41.5 Å². The Labute approximate surface area is 99.9 Å². The van der Waals surface area contributed by atoms with E-state index in [1.54, 1.807) is 13.0 Å². The number of rotatable bonds is 6. The molecule has 16 heavy (non-hydrogen) atoms. The maximum absolute atomic E-state index is 9.58. The average molecular weight is 219 g/mol. The van der Waals surface area contributed by atoms with Crippen molar-refractivity contribution >= 4 is 0 Å². The van der Waals surface area contributed by atoms with Crippen molar-refractivity contribution < 1.29 is 5.11 Å². The Hall–Kier alpha value is -1.08. The molecule has 89 valence electrons. The van der Waals surface area contributed by atoms with E-state index >= 15 is 0 Å². The van der Waals surface area contributed by atoms with Gasteiger partial charge in [-0.15, -0.1) is 0 Å². The average Bonchev–Trinajstić information content (AvgIpc) is 2.17. The molecule has 0 amide bonds. The predicted octanol–water partition coefficient (Wildman–Crippen LogP) is 3.98. The van der Waals surface area contributed by atoms with E-state index in [0.717, 1.165) is 12.8 Å². The smallest absolute Gasteiger partial charge is 0.0986 e. The van der Waals surface area contributed by atoms with Gasteiger partial charge in [0.25, 0.3) is 0 Å². The summed E-state index contributed by atoms with van der Waals surface area (Å²) in [6, 6.07) is 0. The molecule has 0 aromatic heterocycles. The van der Waals surface area contributed by atoms with E-state index < -0.39 is 5.60 Å². The summed E-state index contributed by atoms with van der Waals surface area (Å²) in [6.07, 6.45) is 11.2. The number of aliphatic hydroxyl groups is 1. The van der Waals surface area contributed by atoms with Crippen molar-refractivity contribution in [3.8, 4) is 0 Å². The molecular formula is C15H23O. The van der Waals surface area contributed by atoms with Gasteiger partial charge in [0, 0.05) is 0 Å². The predicted molar refractivity (Wildman–Crippen MR) is 71.1 cm³/mol. The summed E-state index contributed by atoms with van der Waals surface area (Å²) in [7, 11) is 0. The highest BCUT2D eigenvalue weighted by Crippen LogP contribution is 2.09. The lowest BCUT2D eigenvalue weighted by molar-refractivity contribution is 0.164. The molecule has 0 aliphatic rings. The molecule has 0 spiro atoms. The minimum Gasteiger partial charge on any atom is -0.382 e. The van der Waals surface area contributed by atoms with Gasteiger partial charge in [-0.25, -0.2) is 0 Å². The van der Waals surface area contributed by atoms with Crippen molar-refractivity contribution in [1.82, 2.24) is 0 Å². The highest BCUT2D eigenvalue weighted by atomic mass is 16.3. The molecule has 0 aromatic rings. The van der Waals surface area contributed by atoms with Crippen molar-refractivity contribution in [3.05, 3.63) is 48.1 Å². The number of hydrogen-bond acceptors (Lipinski definition) is 1. The molecule has 1 nitrogen and oxygen atoms in total. The highest BCUT2D eigenvalue weighted by Gasteiger charge is 2.08. The summed E-state index contributed by atoms with van der Waals surface area (Å²) in [5, 5.41) is 9.58. The quantitative estimate of drug-likeness (QED) is 0.529. The molecule has 0 aliphatic heterocycles. The summed E-state index contributed by atoms with van der Waals surface area (Å²) in [5.74, 6) is 0. The van der Waals surface area contributed by atoms with Crippen LogP contribution in [0.25, 0.3) is 0 Å². The Bertz CT molecular complexity index is 299. The van der Waals surface area contributed by atoms with Gasteiger partial charge in [-0.3, -0.25) is 0 Å². The molecule has 0 fully saturated rings. The summed E-state index contributed by atoms with van der Waals surface area (Å²) in [6.45, 7) is 13.2. The minimum absolute atomic E-state index is 1.02. The van der Waals surface area contributed by atoms with Gasteiger partial charge in [0.15, 0.2) is 0 Å². The third kappa shape index (κ3) is 8.25. The van der Waals surface area contributed by atoms with Crippen LogP contribution in [0.5, 0.6) is 0 Å². The maximum atomic E-state index is 9.58. The molecule has 0 heterocycles. The van der Waals surface area contributed by atoms with Crippen LogP contribution in [0.1, 0.15) is 40.5 Å². The molecule has 1 atom stereocenters. The van der Waals surface area contributed by atoms with Gasteiger partial charge < -0.3 is 5.11 Å². The zero-order valence-electron chi connectivity index (χ0n) is 10.8. The maximum Gasteiger partial charge on any atom is 0.0986 e. The molecule has 0 aliphatic carbocycles. The normalized spacial score (nSPS) is 15.9. The number of allylic oxidation sites excluding steroid dienone is 5. The molecule has 1 unspecified atom stereocenters. The van der Waals surface area contributed by atoms with E-state index in [9.17, 15) is 5.11 Å². The number of hydrogen-bond donors (Lipinski definition) is 1.